The van der Waals surface area contributed by atoms with Crippen molar-refractivity contribution in [3.8, 4) is 0 Å². The molecule has 0 bridgehead atoms. The highest BCUT2D eigenvalue weighted by atomic mass is 16.6. The van der Waals surface area contributed by atoms with Crippen molar-refractivity contribution in [2.75, 3.05) is 6.54 Å². The molecule has 110 valence electrons. The van der Waals surface area contributed by atoms with Crippen molar-refractivity contribution < 1.29 is 9.53 Å². The topological polar surface area (TPSA) is 84.0 Å². The third-order valence-corrected chi connectivity index (χ3v) is 3.62. The molecular weight excluding hydrogens is 270 g/mol. The number of amides is 1. The van der Waals surface area contributed by atoms with Crippen LogP contribution in [0, 0.1) is 0 Å². The van der Waals surface area contributed by atoms with Gasteiger partial charge in [-0.2, -0.15) is 5.21 Å². The maximum atomic E-state index is 12.2. The number of nitrogens with one attached hydrogen (secondary N) is 1. The summed E-state index contributed by atoms with van der Waals surface area (Å²) in [5.74, 6) is 0.628. The van der Waals surface area contributed by atoms with Crippen LogP contribution in [-0.2, 0) is 17.8 Å². The molecule has 0 spiro atoms. The number of rotatable bonds is 4. The zero-order valence-corrected chi connectivity index (χ0v) is 11.6. The number of tetrazole rings is 1. The van der Waals surface area contributed by atoms with Gasteiger partial charge in [0.05, 0.1) is 0 Å². The van der Waals surface area contributed by atoms with E-state index in [0.29, 0.717) is 18.9 Å². The molecule has 0 radical (unpaired) electrons. The zero-order valence-electron chi connectivity index (χ0n) is 11.6. The Balaban J connectivity index is 1.55. The number of aromatic amines is 1. The smallest absolute Gasteiger partial charge is 0.410 e. The van der Waals surface area contributed by atoms with Gasteiger partial charge in [-0.1, -0.05) is 35.5 Å². The second-order valence-electron chi connectivity index (χ2n) is 5.06. The van der Waals surface area contributed by atoms with E-state index in [9.17, 15) is 4.79 Å². The summed E-state index contributed by atoms with van der Waals surface area (Å²) in [4.78, 5) is 14.0. The van der Waals surface area contributed by atoms with Crippen LogP contribution in [0.3, 0.4) is 0 Å². The van der Waals surface area contributed by atoms with E-state index in [1.807, 2.05) is 30.3 Å². The van der Waals surface area contributed by atoms with Crippen LogP contribution in [0.1, 0.15) is 24.2 Å². The van der Waals surface area contributed by atoms with Gasteiger partial charge in [-0.15, -0.1) is 10.2 Å². The monoisotopic (exact) mass is 287 g/mol. The number of aromatic nitrogens is 4. The number of carbonyl (C=O) groups excluding carboxylic acids is 1. The third-order valence-electron chi connectivity index (χ3n) is 3.62. The molecule has 2 heterocycles. The van der Waals surface area contributed by atoms with E-state index in [1.165, 1.54) is 0 Å². The van der Waals surface area contributed by atoms with E-state index in [1.54, 1.807) is 4.90 Å². The molecule has 7 nitrogen and oxygen atoms in total. The summed E-state index contributed by atoms with van der Waals surface area (Å²) in [5.41, 5.74) is 0.986. The second kappa shape index (κ2) is 6.34. The molecule has 1 atom stereocenters. The summed E-state index contributed by atoms with van der Waals surface area (Å²) in [7, 11) is 0. The van der Waals surface area contributed by atoms with Crippen LogP contribution >= 0.6 is 0 Å². The van der Waals surface area contributed by atoms with Crippen molar-refractivity contribution >= 4 is 6.09 Å². The van der Waals surface area contributed by atoms with E-state index in [2.05, 4.69) is 20.6 Å². The van der Waals surface area contributed by atoms with Gasteiger partial charge in [0.2, 0.25) is 0 Å². The third kappa shape index (κ3) is 3.36. The van der Waals surface area contributed by atoms with Gasteiger partial charge in [-0.25, -0.2) is 4.79 Å². The predicted molar refractivity (Wildman–Crippen MR) is 74.2 cm³/mol. The summed E-state index contributed by atoms with van der Waals surface area (Å²) in [6, 6.07) is 9.76. The maximum Gasteiger partial charge on any atom is 0.410 e. The molecule has 1 aliphatic rings. The summed E-state index contributed by atoms with van der Waals surface area (Å²) < 4.78 is 5.38. The highest BCUT2D eigenvalue weighted by Crippen LogP contribution is 2.21. The highest BCUT2D eigenvalue weighted by molar-refractivity contribution is 5.68. The van der Waals surface area contributed by atoms with Crippen molar-refractivity contribution in [3.63, 3.8) is 0 Å². The number of H-pyrrole nitrogens is 1. The van der Waals surface area contributed by atoms with Crippen LogP contribution in [0.25, 0.3) is 0 Å². The minimum atomic E-state index is -0.273. The number of likely N-dealkylation sites (tertiary alicyclic amines) is 1. The van der Waals surface area contributed by atoms with Crippen LogP contribution in [0.15, 0.2) is 30.3 Å². The average Bonchev–Trinajstić information content (AvgIpc) is 3.18. The van der Waals surface area contributed by atoms with Gasteiger partial charge in [0.25, 0.3) is 0 Å². The largest absolute Gasteiger partial charge is 0.445 e. The fourth-order valence-electron chi connectivity index (χ4n) is 2.57. The minimum absolute atomic E-state index is 0.0888. The van der Waals surface area contributed by atoms with Crippen molar-refractivity contribution in [1.29, 1.82) is 0 Å². The second-order valence-corrected chi connectivity index (χ2v) is 5.06. The quantitative estimate of drug-likeness (QED) is 0.922. The van der Waals surface area contributed by atoms with E-state index < -0.39 is 0 Å². The standard InChI is InChI=1S/C14H17N5O2/c20-14(21-10-11-5-2-1-3-6-11)19-8-4-7-12(19)9-13-15-17-18-16-13/h1-3,5-6,12H,4,7-10H2,(H,15,16,17,18)/t12-/m1/s1. The first-order chi connectivity index (χ1) is 10.3. The Morgan fingerprint density at radius 3 is 3.00 bits per heavy atom. The molecule has 1 amide bonds. The summed E-state index contributed by atoms with van der Waals surface area (Å²) >= 11 is 0. The van der Waals surface area contributed by atoms with Crippen molar-refractivity contribution in [2.24, 2.45) is 0 Å². The molecule has 21 heavy (non-hydrogen) atoms. The summed E-state index contributed by atoms with van der Waals surface area (Å²) in [6.45, 7) is 1.02. The normalized spacial score (nSPS) is 17.9. The molecule has 1 N–H and O–H groups in total. The molecular formula is C14H17N5O2. The number of ether oxygens (including phenoxy) is 1. The van der Waals surface area contributed by atoms with E-state index in [-0.39, 0.29) is 12.1 Å². The Kier molecular flexibility index (Phi) is 4.09. The number of hydrogen-bond donors (Lipinski definition) is 1. The Morgan fingerprint density at radius 1 is 1.38 bits per heavy atom. The van der Waals surface area contributed by atoms with Crippen LogP contribution in [0.4, 0.5) is 4.79 Å². The molecule has 1 aromatic heterocycles. The number of carbonyl (C=O) groups is 1. The number of benzene rings is 1. The first-order valence-electron chi connectivity index (χ1n) is 7.02. The van der Waals surface area contributed by atoms with Gasteiger partial charge >= 0.3 is 6.09 Å². The molecule has 1 saturated heterocycles. The highest BCUT2D eigenvalue weighted by Gasteiger charge is 2.30. The molecule has 0 aliphatic carbocycles. The first kappa shape index (κ1) is 13.5. The van der Waals surface area contributed by atoms with Gasteiger partial charge in [-0.05, 0) is 18.4 Å². The zero-order chi connectivity index (χ0) is 14.5. The predicted octanol–water partition coefficient (Wildman–Crippen LogP) is 1.54. The number of hydrogen-bond acceptors (Lipinski definition) is 5. The number of nitrogens with zero attached hydrogens (tertiary/aromatic N) is 4. The first-order valence-corrected chi connectivity index (χ1v) is 7.02. The molecule has 0 saturated carbocycles. The van der Waals surface area contributed by atoms with Crippen LogP contribution in [0.2, 0.25) is 0 Å². The lowest BCUT2D eigenvalue weighted by Gasteiger charge is -2.23. The van der Waals surface area contributed by atoms with Crippen molar-refractivity contribution in [2.45, 2.75) is 31.9 Å². The maximum absolute atomic E-state index is 12.2. The van der Waals surface area contributed by atoms with Gasteiger partial charge < -0.3 is 9.64 Å². The van der Waals surface area contributed by atoms with Gasteiger partial charge in [0.15, 0.2) is 5.82 Å². The SMILES string of the molecule is O=C(OCc1ccccc1)N1CCC[C@@H]1Cc1nn[nH]n1. The minimum Gasteiger partial charge on any atom is -0.445 e. The van der Waals surface area contributed by atoms with Crippen molar-refractivity contribution in [3.05, 3.63) is 41.7 Å². The van der Waals surface area contributed by atoms with Gasteiger partial charge in [-0.3, -0.25) is 0 Å². The fraction of sp³-hybridized carbons (Fsp3) is 0.429. The molecule has 1 aliphatic heterocycles. The Bertz CT molecular complexity index is 572. The van der Waals surface area contributed by atoms with E-state index in [0.717, 1.165) is 24.9 Å². The van der Waals surface area contributed by atoms with Crippen LogP contribution < -0.4 is 0 Å². The van der Waals surface area contributed by atoms with Gasteiger partial charge in [0, 0.05) is 19.0 Å². The lowest BCUT2D eigenvalue weighted by molar-refractivity contribution is 0.0918. The lowest BCUT2D eigenvalue weighted by Crippen LogP contribution is -2.37. The van der Waals surface area contributed by atoms with E-state index >= 15 is 0 Å². The Labute approximate surface area is 122 Å². The molecule has 2 aromatic rings. The molecule has 0 unspecified atom stereocenters. The molecule has 3 rings (SSSR count). The lowest BCUT2D eigenvalue weighted by atomic mass is 10.1. The summed E-state index contributed by atoms with van der Waals surface area (Å²) in [5, 5.41) is 13.9. The molecule has 1 fully saturated rings. The average molecular weight is 287 g/mol. The molecule has 1 aromatic carbocycles. The molecule has 7 heteroatoms. The van der Waals surface area contributed by atoms with E-state index in [4.69, 9.17) is 4.74 Å². The fourth-order valence-corrected chi connectivity index (χ4v) is 2.57. The van der Waals surface area contributed by atoms with Crippen LogP contribution in [0.5, 0.6) is 0 Å². The van der Waals surface area contributed by atoms with Crippen molar-refractivity contribution in [1.82, 2.24) is 25.5 Å². The Morgan fingerprint density at radius 2 is 2.24 bits per heavy atom. The van der Waals surface area contributed by atoms with Gasteiger partial charge in [0.1, 0.15) is 6.61 Å². The summed E-state index contributed by atoms with van der Waals surface area (Å²) in [6.07, 6.45) is 2.25. The van der Waals surface area contributed by atoms with Crippen LogP contribution in [-0.4, -0.2) is 44.2 Å². The Hall–Kier alpha value is -2.44.